The molecule has 0 aliphatic carbocycles. The van der Waals surface area contributed by atoms with Gasteiger partial charge in [-0.3, -0.25) is 4.79 Å². The van der Waals surface area contributed by atoms with Crippen LogP contribution in [-0.4, -0.2) is 16.0 Å². The standard InChI is InChI=1S/C18H15ClFN3O2/c1-11(21-16(24)10-12-2-8-15(20)9-3-12)18-22-17(23-25-18)13-4-6-14(19)7-5-13/h2-9,11H,10H2,1H3,(H,21,24)/t11-/m1/s1. The largest absolute Gasteiger partial charge is 0.344 e. The molecule has 0 saturated carbocycles. The number of carbonyl (C=O) groups is 1. The van der Waals surface area contributed by atoms with E-state index in [1.165, 1.54) is 12.1 Å². The Balaban J connectivity index is 1.63. The van der Waals surface area contributed by atoms with Crippen molar-refractivity contribution in [2.45, 2.75) is 19.4 Å². The van der Waals surface area contributed by atoms with Crippen molar-refractivity contribution in [3.63, 3.8) is 0 Å². The molecule has 3 rings (SSSR count). The molecule has 0 saturated heterocycles. The summed E-state index contributed by atoms with van der Waals surface area (Å²) in [6.45, 7) is 1.75. The highest BCUT2D eigenvalue weighted by atomic mass is 35.5. The number of amides is 1. The highest BCUT2D eigenvalue weighted by Gasteiger charge is 2.17. The molecule has 1 amide bonds. The molecule has 0 radical (unpaired) electrons. The summed E-state index contributed by atoms with van der Waals surface area (Å²) in [5, 5.41) is 7.32. The molecule has 3 aromatic rings. The van der Waals surface area contributed by atoms with Gasteiger partial charge in [0.1, 0.15) is 11.9 Å². The van der Waals surface area contributed by atoms with Crippen molar-refractivity contribution in [2.24, 2.45) is 0 Å². The fourth-order valence-electron chi connectivity index (χ4n) is 2.27. The summed E-state index contributed by atoms with van der Waals surface area (Å²) in [4.78, 5) is 16.4. The quantitative estimate of drug-likeness (QED) is 0.749. The maximum atomic E-state index is 12.9. The maximum Gasteiger partial charge on any atom is 0.249 e. The van der Waals surface area contributed by atoms with Gasteiger partial charge in [0.15, 0.2) is 0 Å². The molecule has 1 heterocycles. The predicted octanol–water partition coefficient (Wildman–Crippen LogP) is 3.95. The van der Waals surface area contributed by atoms with E-state index in [-0.39, 0.29) is 18.1 Å². The van der Waals surface area contributed by atoms with E-state index in [1.54, 1.807) is 43.3 Å². The van der Waals surface area contributed by atoms with Crippen LogP contribution in [0.25, 0.3) is 11.4 Å². The summed E-state index contributed by atoms with van der Waals surface area (Å²) < 4.78 is 18.1. The van der Waals surface area contributed by atoms with Crippen LogP contribution in [0.2, 0.25) is 5.02 Å². The van der Waals surface area contributed by atoms with E-state index in [2.05, 4.69) is 15.5 Å². The minimum atomic E-state index is -0.443. The molecule has 1 atom stereocenters. The lowest BCUT2D eigenvalue weighted by Crippen LogP contribution is -2.28. The van der Waals surface area contributed by atoms with Gasteiger partial charge in [0.05, 0.1) is 6.42 Å². The van der Waals surface area contributed by atoms with Crippen molar-refractivity contribution in [1.82, 2.24) is 15.5 Å². The van der Waals surface area contributed by atoms with Crippen molar-refractivity contribution < 1.29 is 13.7 Å². The molecular formula is C18H15ClFN3O2. The lowest BCUT2D eigenvalue weighted by Gasteiger charge is -2.09. The molecule has 0 bridgehead atoms. The third-order valence-electron chi connectivity index (χ3n) is 3.57. The second-order valence-electron chi connectivity index (χ2n) is 5.56. The lowest BCUT2D eigenvalue weighted by atomic mass is 10.1. The zero-order valence-corrected chi connectivity index (χ0v) is 14.1. The van der Waals surface area contributed by atoms with Gasteiger partial charge in [0.2, 0.25) is 17.6 Å². The minimum absolute atomic E-state index is 0.142. The zero-order chi connectivity index (χ0) is 17.8. The zero-order valence-electron chi connectivity index (χ0n) is 13.4. The van der Waals surface area contributed by atoms with Crippen LogP contribution < -0.4 is 5.32 Å². The first-order valence-corrected chi connectivity index (χ1v) is 8.02. The lowest BCUT2D eigenvalue weighted by molar-refractivity contribution is -0.121. The van der Waals surface area contributed by atoms with Crippen molar-refractivity contribution in [3.8, 4) is 11.4 Å². The molecule has 25 heavy (non-hydrogen) atoms. The number of hydrogen-bond acceptors (Lipinski definition) is 4. The summed E-state index contributed by atoms with van der Waals surface area (Å²) in [6.07, 6.45) is 0.142. The molecule has 128 valence electrons. The average Bonchev–Trinajstić information content (AvgIpc) is 3.08. The number of benzene rings is 2. The molecule has 7 heteroatoms. The van der Waals surface area contributed by atoms with Gasteiger partial charge in [-0.15, -0.1) is 0 Å². The highest BCUT2D eigenvalue weighted by Crippen LogP contribution is 2.20. The second-order valence-corrected chi connectivity index (χ2v) is 5.99. The SMILES string of the molecule is C[C@@H](NC(=O)Cc1ccc(F)cc1)c1nc(-c2ccc(Cl)cc2)no1. The van der Waals surface area contributed by atoms with E-state index in [0.717, 1.165) is 11.1 Å². The average molecular weight is 360 g/mol. The Hall–Kier alpha value is -2.73. The maximum absolute atomic E-state index is 12.9. The normalized spacial score (nSPS) is 12.0. The number of nitrogens with zero attached hydrogens (tertiary/aromatic N) is 2. The Bertz CT molecular complexity index is 863. The Morgan fingerprint density at radius 3 is 2.56 bits per heavy atom. The van der Waals surface area contributed by atoms with Crippen LogP contribution in [0, 0.1) is 5.82 Å². The Morgan fingerprint density at radius 1 is 1.20 bits per heavy atom. The molecule has 2 aromatic carbocycles. The van der Waals surface area contributed by atoms with Gasteiger partial charge in [0, 0.05) is 10.6 Å². The first-order chi connectivity index (χ1) is 12.0. The van der Waals surface area contributed by atoms with Crippen molar-refractivity contribution in [3.05, 3.63) is 70.8 Å². The molecule has 0 spiro atoms. The monoisotopic (exact) mass is 359 g/mol. The van der Waals surface area contributed by atoms with Gasteiger partial charge >= 0.3 is 0 Å². The fraction of sp³-hybridized carbons (Fsp3) is 0.167. The summed E-state index contributed by atoms with van der Waals surface area (Å²) in [6, 6.07) is 12.4. The number of hydrogen-bond donors (Lipinski definition) is 1. The molecule has 5 nitrogen and oxygen atoms in total. The molecule has 0 aliphatic heterocycles. The van der Waals surface area contributed by atoms with Crippen LogP contribution in [0.3, 0.4) is 0 Å². The Kier molecular flexibility index (Phi) is 5.09. The van der Waals surface area contributed by atoms with Gasteiger partial charge in [-0.05, 0) is 48.9 Å². The van der Waals surface area contributed by atoms with Crippen LogP contribution >= 0.6 is 11.6 Å². The topological polar surface area (TPSA) is 68.0 Å². The van der Waals surface area contributed by atoms with E-state index in [1.807, 2.05) is 0 Å². The summed E-state index contributed by atoms with van der Waals surface area (Å²) in [7, 11) is 0. The molecule has 1 aromatic heterocycles. The summed E-state index contributed by atoms with van der Waals surface area (Å²) in [5.41, 5.74) is 1.49. The van der Waals surface area contributed by atoms with E-state index in [4.69, 9.17) is 16.1 Å². The Labute approximate surface area is 148 Å². The third kappa shape index (κ3) is 4.42. The smallest absolute Gasteiger partial charge is 0.249 e. The molecule has 1 N–H and O–H groups in total. The van der Waals surface area contributed by atoms with Crippen LogP contribution in [-0.2, 0) is 11.2 Å². The number of halogens is 2. The third-order valence-corrected chi connectivity index (χ3v) is 3.82. The number of carbonyl (C=O) groups excluding carboxylic acids is 1. The van der Waals surface area contributed by atoms with Gasteiger partial charge < -0.3 is 9.84 Å². The highest BCUT2D eigenvalue weighted by molar-refractivity contribution is 6.30. The van der Waals surface area contributed by atoms with E-state index in [9.17, 15) is 9.18 Å². The van der Waals surface area contributed by atoms with Gasteiger partial charge in [-0.2, -0.15) is 4.98 Å². The first kappa shape index (κ1) is 17.1. The number of nitrogens with one attached hydrogen (secondary N) is 1. The van der Waals surface area contributed by atoms with Crippen molar-refractivity contribution >= 4 is 17.5 Å². The number of rotatable bonds is 5. The molecule has 0 fully saturated rings. The summed E-state index contributed by atoms with van der Waals surface area (Å²) in [5.74, 6) is 0.173. The fourth-order valence-corrected chi connectivity index (χ4v) is 2.40. The van der Waals surface area contributed by atoms with Crippen molar-refractivity contribution in [2.75, 3.05) is 0 Å². The first-order valence-electron chi connectivity index (χ1n) is 7.64. The number of aromatic nitrogens is 2. The van der Waals surface area contributed by atoms with Crippen molar-refractivity contribution in [1.29, 1.82) is 0 Å². The van der Waals surface area contributed by atoms with Crippen LogP contribution in [0.15, 0.2) is 53.1 Å². The van der Waals surface area contributed by atoms with E-state index < -0.39 is 6.04 Å². The van der Waals surface area contributed by atoms with E-state index >= 15 is 0 Å². The summed E-state index contributed by atoms with van der Waals surface area (Å²) >= 11 is 5.85. The predicted molar refractivity (Wildman–Crippen MR) is 91.4 cm³/mol. The Morgan fingerprint density at radius 2 is 1.88 bits per heavy atom. The minimum Gasteiger partial charge on any atom is -0.344 e. The van der Waals surface area contributed by atoms with Gasteiger partial charge in [0.25, 0.3) is 0 Å². The van der Waals surface area contributed by atoms with Crippen LogP contribution in [0.5, 0.6) is 0 Å². The molecule has 0 unspecified atom stereocenters. The molecular weight excluding hydrogens is 345 g/mol. The second kappa shape index (κ2) is 7.44. The van der Waals surface area contributed by atoms with Gasteiger partial charge in [-0.25, -0.2) is 4.39 Å². The van der Waals surface area contributed by atoms with Gasteiger partial charge in [-0.1, -0.05) is 28.9 Å². The van der Waals surface area contributed by atoms with E-state index in [0.29, 0.717) is 16.7 Å². The van der Waals surface area contributed by atoms with Crippen LogP contribution in [0.4, 0.5) is 4.39 Å². The van der Waals surface area contributed by atoms with Crippen LogP contribution in [0.1, 0.15) is 24.4 Å². The molecule has 0 aliphatic rings.